The lowest BCUT2D eigenvalue weighted by Gasteiger charge is -2.06. The Balaban J connectivity index is 0.00000121. The van der Waals surface area contributed by atoms with Crippen LogP contribution in [0.15, 0.2) is 18.2 Å². The van der Waals surface area contributed by atoms with Gasteiger partial charge >= 0.3 is 0 Å². The summed E-state index contributed by atoms with van der Waals surface area (Å²) in [6.45, 7) is 5.88. The van der Waals surface area contributed by atoms with E-state index >= 15 is 0 Å². The van der Waals surface area contributed by atoms with Crippen LogP contribution >= 0.6 is 0 Å². The molecule has 0 aliphatic carbocycles. The molecule has 0 spiro atoms. The Hall–Kier alpha value is -0.850. The van der Waals surface area contributed by atoms with E-state index in [2.05, 4.69) is 0 Å². The Morgan fingerprint density at radius 3 is 2.25 bits per heavy atom. The number of aryl methyl sites for hydroxylation is 1. The highest BCUT2D eigenvalue weighted by Gasteiger charge is 2.04. The van der Waals surface area contributed by atoms with Gasteiger partial charge in [-0.2, -0.15) is 0 Å². The van der Waals surface area contributed by atoms with Gasteiger partial charge in [0, 0.05) is 0 Å². The fraction of sp³-hybridized carbons (Fsp3) is 0.455. The van der Waals surface area contributed by atoms with Gasteiger partial charge in [-0.3, -0.25) is 0 Å². The molecule has 0 nitrogen and oxygen atoms in total. The fourth-order valence-electron chi connectivity index (χ4n) is 1.10. The largest absolute Gasteiger partial charge is 0.207 e. The van der Waals surface area contributed by atoms with Crippen LogP contribution < -0.4 is 0 Å². The number of rotatable bonds is 1. The summed E-state index contributed by atoms with van der Waals surface area (Å²) in [6.07, 6.45) is 0. The first-order valence-electron chi connectivity index (χ1n) is 3.87. The lowest BCUT2D eigenvalue weighted by molar-refractivity contribution is 0.597. The molecule has 0 aliphatic rings. The van der Waals surface area contributed by atoms with Crippen LogP contribution in [-0.4, -0.2) is 0 Å². The van der Waals surface area contributed by atoms with Crippen LogP contribution in [0.25, 0.3) is 0 Å². The molecule has 0 N–H and O–H groups in total. The number of hydrogen-bond donors (Lipinski definition) is 0. The van der Waals surface area contributed by atoms with Gasteiger partial charge in [-0.15, -0.1) is 0 Å². The van der Waals surface area contributed by atoms with Gasteiger partial charge < -0.3 is 0 Å². The molecule has 1 aromatic carbocycles. The van der Waals surface area contributed by atoms with Crippen LogP contribution in [0, 0.1) is 12.7 Å². The molecule has 0 radical (unpaired) electrons. The molecule has 0 aromatic heterocycles. The molecule has 0 amide bonds. The number of benzene rings is 1. The SMILES string of the molecule is C.Cc1ccc(C(C)C)c(F)c1. The standard InChI is InChI=1S/C10H13F.CH4/c1-7(2)9-5-4-8(3)6-10(9)11;/h4-7H,1-3H3;1H4. The number of hydrogen-bond acceptors (Lipinski definition) is 0. The maximum atomic E-state index is 13.1. The molecular formula is C11H17F. The van der Waals surface area contributed by atoms with E-state index in [4.69, 9.17) is 0 Å². The molecule has 1 aromatic rings. The molecule has 0 saturated carbocycles. The van der Waals surface area contributed by atoms with Crippen LogP contribution in [0.3, 0.4) is 0 Å². The Bertz CT molecular complexity index is 251. The minimum absolute atomic E-state index is 0. The molecule has 0 fully saturated rings. The first-order valence-corrected chi connectivity index (χ1v) is 3.87. The van der Waals surface area contributed by atoms with E-state index in [9.17, 15) is 4.39 Å². The van der Waals surface area contributed by atoms with Gasteiger partial charge in [0.1, 0.15) is 5.82 Å². The van der Waals surface area contributed by atoms with Gasteiger partial charge in [0.25, 0.3) is 0 Å². The van der Waals surface area contributed by atoms with Crippen molar-refractivity contribution in [3.05, 3.63) is 35.1 Å². The zero-order valence-electron chi connectivity index (χ0n) is 7.19. The molecule has 0 saturated heterocycles. The summed E-state index contributed by atoms with van der Waals surface area (Å²) < 4.78 is 13.1. The highest BCUT2D eigenvalue weighted by Crippen LogP contribution is 2.18. The number of halogens is 1. The molecule has 0 aliphatic heterocycles. The minimum Gasteiger partial charge on any atom is -0.207 e. The zero-order chi connectivity index (χ0) is 8.43. The molecular weight excluding hydrogens is 151 g/mol. The van der Waals surface area contributed by atoms with E-state index in [1.807, 2.05) is 32.9 Å². The van der Waals surface area contributed by atoms with Gasteiger partial charge in [0.2, 0.25) is 0 Å². The Morgan fingerprint density at radius 1 is 1.25 bits per heavy atom. The van der Waals surface area contributed by atoms with Crippen molar-refractivity contribution in [2.45, 2.75) is 34.1 Å². The lowest BCUT2D eigenvalue weighted by atomic mass is 10.0. The zero-order valence-corrected chi connectivity index (χ0v) is 7.19. The average molecular weight is 168 g/mol. The van der Waals surface area contributed by atoms with Crippen LogP contribution in [0.1, 0.15) is 38.3 Å². The van der Waals surface area contributed by atoms with Gasteiger partial charge in [-0.25, -0.2) is 4.39 Å². The highest BCUT2D eigenvalue weighted by molar-refractivity contribution is 5.25. The summed E-state index contributed by atoms with van der Waals surface area (Å²) in [5.41, 5.74) is 1.78. The monoisotopic (exact) mass is 168 g/mol. The third-order valence-corrected chi connectivity index (χ3v) is 1.78. The van der Waals surface area contributed by atoms with E-state index in [1.165, 1.54) is 0 Å². The van der Waals surface area contributed by atoms with E-state index in [0.717, 1.165) is 11.1 Å². The molecule has 68 valence electrons. The van der Waals surface area contributed by atoms with Crippen LogP contribution in [0.2, 0.25) is 0 Å². The van der Waals surface area contributed by atoms with Crippen molar-refractivity contribution in [2.24, 2.45) is 0 Å². The van der Waals surface area contributed by atoms with Crippen LogP contribution in [-0.2, 0) is 0 Å². The smallest absolute Gasteiger partial charge is 0.126 e. The molecule has 0 heterocycles. The second kappa shape index (κ2) is 4.24. The highest BCUT2D eigenvalue weighted by atomic mass is 19.1. The second-order valence-electron chi connectivity index (χ2n) is 3.18. The third kappa shape index (κ3) is 2.33. The fourth-order valence-corrected chi connectivity index (χ4v) is 1.10. The maximum absolute atomic E-state index is 13.1. The van der Waals surface area contributed by atoms with Gasteiger partial charge in [0.05, 0.1) is 0 Å². The summed E-state index contributed by atoms with van der Waals surface area (Å²) in [4.78, 5) is 0. The maximum Gasteiger partial charge on any atom is 0.126 e. The van der Waals surface area contributed by atoms with Crippen LogP contribution in [0.4, 0.5) is 4.39 Å². The molecule has 0 unspecified atom stereocenters. The van der Waals surface area contributed by atoms with Crippen molar-refractivity contribution in [3.8, 4) is 0 Å². The predicted octanol–water partition coefficient (Wildman–Crippen LogP) is 3.89. The minimum atomic E-state index is -0.0833. The second-order valence-corrected chi connectivity index (χ2v) is 3.18. The van der Waals surface area contributed by atoms with Crippen molar-refractivity contribution in [1.82, 2.24) is 0 Å². The Labute approximate surface area is 74.4 Å². The van der Waals surface area contributed by atoms with Crippen molar-refractivity contribution in [2.75, 3.05) is 0 Å². The van der Waals surface area contributed by atoms with E-state index in [1.54, 1.807) is 6.07 Å². The summed E-state index contributed by atoms with van der Waals surface area (Å²) in [5.74, 6) is 0.190. The molecule has 1 rings (SSSR count). The third-order valence-electron chi connectivity index (χ3n) is 1.78. The van der Waals surface area contributed by atoms with Crippen molar-refractivity contribution in [1.29, 1.82) is 0 Å². The Morgan fingerprint density at radius 2 is 1.83 bits per heavy atom. The first-order chi connectivity index (χ1) is 5.11. The summed E-state index contributed by atoms with van der Waals surface area (Å²) in [7, 11) is 0. The first kappa shape index (κ1) is 11.2. The van der Waals surface area contributed by atoms with E-state index in [0.29, 0.717) is 0 Å². The van der Waals surface area contributed by atoms with Gasteiger partial charge in [-0.05, 0) is 30.0 Å². The van der Waals surface area contributed by atoms with E-state index < -0.39 is 0 Å². The van der Waals surface area contributed by atoms with Crippen molar-refractivity contribution in [3.63, 3.8) is 0 Å². The van der Waals surface area contributed by atoms with Gasteiger partial charge in [-0.1, -0.05) is 33.4 Å². The van der Waals surface area contributed by atoms with E-state index in [-0.39, 0.29) is 19.2 Å². The van der Waals surface area contributed by atoms with Gasteiger partial charge in [0.15, 0.2) is 0 Å². The predicted molar refractivity (Wildman–Crippen MR) is 52.0 cm³/mol. The van der Waals surface area contributed by atoms with Crippen molar-refractivity contribution >= 4 is 0 Å². The average Bonchev–Trinajstić information content (AvgIpc) is 1.85. The Kier molecular flexibility index (Phi) is 3.94. The normalized spacial score (nSPS) is 9.75. The molecule has 1 heteroatoms. The summed E-state index contributed by atoms with van der Waals surface area (Å²) in [5, 5.41) is 0. The molecule has 0 atom stereocenters. The molecule has 12 heavy (non-hydrogen) atoms. The summed E-state index contributed by atoms with van der Waals surface area (Å²) >= 11 is 0. The molecule has 0 bridgehead atoms. The summed E-state index contributed by atoms with van der Waals surface area (Å²) in [6, 6.07) is 5.38. The quantitative estimate of drug-likeness (QED) is 0.596. The van der Waals surface area contributed by atoms with Crippen LogP contribution in [0.5, 0.6) is 0 Å². The van der Waals surface area contributed by atoms with Crippen molar-refractivity contribution < 1.29 is 4.39 Å². The lowest BCUT2D eigenvalue weighted by Crippen LogP contribution is -1.92. The topological polar surface area (TPSA) is 0 Å².